The average Bonchev–Trinajstić information content (AvgIpc) is 3.00. The molecule has 1 saturated heterocycles. The van der Waals surface area contributed by atoms with Crippen LogP contribution in [-0.4, -0.2) is 36.8 Å². The zero-order chi connectivity index (χ0) is 18.7. The summed E-state index contributed by atoms with van der Waals surface area (Å²) >= 11 is 0. The maximum absolute atomic E-state index is 13.3. The molecule has 0 radical (unpaired) electrons. The van der Waals surface area contributed by atoms with Crippen molar-refractivity contribution in [3.05, 3.63) is 47.7 Å². The van der Waals surface area contributed by atoms with Crippen molar-refractivity contribution < 1.29 is 23.0 Å². The van der Waals surface area contributed by atoms with Crippen molar-refractivity contribution in [3.63, 3.8) is 0 Å². The number of methoxy groups -OCH3 is 1. The van der Waals surface area contributed by atoms with Crippen LogP contribution in [0.3, 0.4) is 0 Å². The molecule has 0 spiro atoms. The lowest BCUT2D eigenvalue weighted by molar-refractivity contribution is 0.0881. The summed E-state index contributed by atoms with van der Waals surface area (Å²) in [5, 5.41) is 5.69. The summed E-state index contributed by atoms with van der Waals surface area (Å²) in [6.07, 6.45) is 0.696. The van der Waals surface area contributed by atoms with Crippen LogP contribution in [0.15, 0.2) is 30.3 Å². The molecule has 3 rings (SSSR count). The summed E-state index contributed by atoms with van der Waals surface area (Å²) in [4.78, 5) is 16.9. The third kappa shape index (κ3) is 4.08. The summed E-state index contributed by atoms with van der Waals surface area (Å²) in [5.41, 5.74) is -0.219. The lowest BCUT2D eigenvalue weighted by Crippen LogP contribution is -2.46. The van der Waals surface area contributed by atoms with Gasteiger partial charge in [0.1, 0.15) is 23.2 Å². The molecular weight excluding hydrogens is 344 g/mol. The molecule has 1 fully saturated rings. The molecule has 2 N–H and O–H groups in total. The van der Waals surface area contributed by atoms with Crippen LogP contribution in [0.4, 0.5) is 20.3 Å². The molecule has 138 valence electrons. The smallest absolute Gasteiger partial charge is 0.274 e. The Morgan fingerprint density at radius 3 is 2.62 bits per heavy atom. The molecule has 0 saturated carbocycles. The van der Waals surface area contributed by atoms with Crippen molar-refractivity contribution in [2.45, 2.75) is 18.9 Å². The number of ether oxygens (including phenoxy) is 2. The van der Waals surface area contributed by atoms with Gasteiger partial charge in [0.15, 0.2) is 5.69 Å². The van der Waals surface area contributed by atoms with E-state index in [-0.39, 0.29) is 17.2 Å². The first kappa shape index (κ1) is 18.1. The fraction of sp³-hybridized carbons (Fsp3) is 0.333. The number of amides is 1. The molecule has 1 unspecified atom stereocenters. The SMILES string of the molecule is COc1ccc(Nc2cc(F)cc(F)c2)nc1C(=O)NC1(C)CCOC1. The minimum Gasteiger partial charge on any atom is -0.494 e. The predicted molar refractivity (Wildman–Crippen MR) is 91.7 cm³/mol. The van der Waals surface area contributed by atoms with Gasteiger partial charge in [-0.2, -0.15) is 0 Å². The molecule has 0 aliphatic carbocycles. The highest BCUT2D eigenvalue weighted by Gasteiger charge is 2.32. The quantitative estimate of drug-likeness (QED) is 0.854. The third-order valence-corrected chi connectivity index (χ3v) is 4.06. The molecule has 1 aliphatic rings. The number of pyridine rings is 1. The van der Waals surface area contributed by atoms with Crippen molar-refractivity contribution in [3.8, 4) is 5.75 Å². The van der Waals surface area contributed by atoms with Gasteiger partial charge in [0.2, 0.25) is 0 Å². The number of rotatable bonds is 5. The van der Waals surface area contributed by atoms with Gasteiger partial charge in [0, 0.05) is 18.4 Å². The molecule has 8 heteroatoms. The highest BCUT2D eigenvalue weighted by molar-refractivity contribution is 5.96. The summed E-state index contributed by atoms with van der Waals surface area (Å²) in [7, 11) is 1.43. The van der Waals surface area contributed by atoms with Gasteiger partial charge in [0.05, 0.1) is 19.3 Å². The van der Waals surface area contributed by atoms with Crippen molar-refractivity contribution in [2.75, 3.05) is 25.6 Å². The van der Waals surface area contributed by atoms with Gasteiger partial charge < -0.3 is 20.1 Å². The van der Waals surface area contributed by atoms with Crippen LogP contribution in [0, 0.1) is 11.6 Å². The number of hydrogen-bond acceptors (Lipinski definition) is 5. The highest BCUT2D eigenvalue weighted by Crippen LogP contribution is 2.24. The predicted octanol–water partition coefficient (Wildman–Crippen LogP) is 3.02. The first-order valence-corrected chi connectivity index (χ1v) is 8.07. The number of benzene rings is 1. The number of halogens is 2. The van der Waals surface area contributed by atoms with E-state index in [0.29, 0.717) is 25.4 Å². The number of aromatic nitrogens is 1. The van der Waals surface area contributed by atoms with Gasteiger partial charge in [-0.1, -0.05) is 0 Å². The molecule has 1 atom stereocenters. The minimum absolute atomic E-state index is 0.0718. The summed E-state index contributed by atoms with van der Waals surface area (Å²) in [6, 6.07) is 6.15. The van der Waals surface area contributed by atoms with Gasteiger partial charge in [-0.25, -0.2) is 13.8 Å². The number of hydrogen-bond donors (Lipinski definition) is 2. The Kier molecular flexibility index (Phi) is 5.03. The van der Waals surface area contributed by atoms with E-state index in [4.69, 9.17) is 9.47 Å². The van der Waals surface area contributed by atoms with Crippen molar-refractivity contribution in [2.24, 2.45) is 0 Å². The average molecular weight is 363 g/mol. The second-order valence-electron chi connectivity index (χ2n) is 6.35. The van der Waals surface area contributed by atoms with Crippen LogP contribution in [0.1, 0.15) is 23.8 Å². The van der Waals surface area contributed by atoms with Crippen molar-refractivity contribution >= 4 is 17.4 Å². The molecule has 0 bridgehead atoms. The minimum atomic E-state index is -0.715. The van der Waals surface area contributed by atoms with E-state index in [1.165, 1.54) is 7.11 Å². The molecule has 2 aromatic rings. The van der Waals surface area contributed by atoms with E-state index < -0.39 is 23.1 Å². The Morgan fingerprint density at radius 2 is 2.00 bits per heavy atom. The zero-order valence-corrected chi connectivity index (χ0v) is 14.4. The Hall–Kier alpha value is -2.74. The Bertz CT molecular complexity index is 803. The number of nitrogens with one attached hydrogen (secondary N) is 2. The fourth-order valence-electron chi connectivity index (χ4n) is 2.72. The maximum atomic E-state index is 13.3. The largest absolute Gasteiger partial charge is 0.494 e. The van der Waals surface area contributed by atoms with Gasteiger partial charge >= 0.3 is 0 Å². The molecule has 2 heterocycles. The number of anilines is 2. The van der Waals surface area contributed by atoms with E-state index in [1.54, 1.807) is 12.1 Å². The monoisotopic (exact) mass is 363 g/mol. The topological polar surface area (TPSA) is 72.5 Å². The Labute approximate surface area is 149 Å². The van der Waals surface area contributed by atoms with Gasteiger partial charge in [-0.15, -0.1) is 0 Å². The number of nitrogens with zero attached hydrogens (tertiary/aromatic N) is 1. The lowest BCUT2D eigenvalue weighted by Gasteiger charge is -2.23. The maximum Gasteiger partial charge on any atom is 0.274 e. The van der Waals surface area contributed by atoms with Crippen LogP contribution in [-0.2, 0) is 4.74 Å². The number of carbonyl (C=O) groups excluding carboxylic acids is 1. The van der Waals surface area contributed by atoms with Gasteiger partial charge in [-0.3, -0.25) is 4.79 Å². The molecule has 1 aromatic heterocycles. The molecular formula is C18H19F2N3O3. The summed E-state index contributed by atoms with van der Waals surface area (Å²) < 4.78 is 37.2. The summed E-state index contributed by atoms with van der Waals surface area (Å²) in [5.74, 6) is -1.29. The van der Waals surface area contributed by atoms with Crippen LogP contribution >= 0.6 is 0 Å². The second kappa shape index (κ2) is 7.25. The molecule has 26 heavy (non-hydrogen) atoms. The highest BCUT2D eigenvalue weighted by atomic mass is 19.1. The van der Waals surface area contributed by atoms with E-state index in [0.717, 1.165) is 18.2 Å². The first-order chi connectivity index (χ1) is 12.4. The van der Waals surface area contributed by atoms with Crippen LogP contribution in [0.2, 0.25) is 0 Å². The first-order valence-electron chi connectivity index (χ1n) is 8.07. The molecule has 1 amide bonds. The van der Waals surface area contributed by atoms with Gasteiger partial charge in [0.25, 0.3) is 5.91 Å². The number of carbonyl (C=O) groups is 1. The lowest BCUT2D eigenvalue weighted by atomic mass is 10.0. The summed E-state index contributed by atoms with van der Waals surface area (Å²) in [6.45, 7) is 2.89. The Balaban J connectivity index is 1.85. The van der Waals surface area contributed by atoms with E-state index in [1.807, 2.05) is 6.92 Å². The van der Waals surface area contributed by atoms with Crippen molar-refractivity contribution in [1.29, 1.82) is 0 Å². The second-order valence-corrected chi connectivity index (χ2v) is 6.35. The van der Waals surface area contributed by atoms with Crippen LogP contribution in [0.5, 0.6) is 5.75 Å². The van der Waals surface area contributed by atoms with E-state index in [2.05, 4.69) is 15.6 Å². The molecule has 1 aliphatic heterocycles. The van der Waals surface area contributed by atoms with Crippen LogP contribution < -0.4 is 15.4 Å². The van der Waals surface area contributed by atoms with Crippen molar-refractivity contribution in [1.82, 2.24) is 10.3 Å². The third-order valence-electron chi connectivity index (χ3n) is 4.06. The van der Waals surface area contributed by atoms with E-state index in [9.17, 15) is 13.6 Å². The fourth-order valence-corrected chi connectivity index (χ4v) is 2.72. The molecule has 1 aromatic carbocycles. The Morgan fingerprint density at radius 1 is 1.27 bits per heavy atom. The standard InChI is InChI=1S/C18H19F2N3O3/c1-18(5-6-26-10-18)23-17(24)16-14(25-2)3-4-15(22-16)21-13-8-11(19)7-12(20)9-13/h3-4,7-9H,5-6,10H2,1-2H3,(H,21,22)(H,23,24). The molecule has 6 nitrogen and oxygen atoms in total. The van der Waals surface area contributed by atoms with E-state index >= 15 is 0 Å². The normalized spacial score (nSPS) is 19.2. The van der Waals surface area contributed by atoms with Gasteiger partial charge in [-0.05, 0) is 37.6 Å². The zero-order valence-electron chi connectivity index (χ0n) is 14.4. The van der Waals surface area contributed by atoms with Crippen LogP contribution in [0.25, 0.3) is 0 Å².